The van der Waals surface area contributed by atoms with Crippen molar-refractivity contribution < 1.29 is 20.5 Å². The summed E-state index contributed by atoms with van der Waals surface area (Å²) in [5.74, 6) is -1.46. The van der Waals surface area contributed by atoms with Gasteiger partial charge in [-0.3, -0.25) is 4.79 Å². The summed E-state index contributed by atoms with van der Waals surface area (Å²) in [4.78, 5) is 32.0. The lowest BCUT2D eigenvalue weighted by atomic mass is 10.3. The van der Waals surface area contributed by atoms with Gasteiger partial charge in [0.05, 0.1) is 6.61 Å². The van der Waals surface area contributed by atoms with E-state index in [1.54, 1.807) is 6.92 Å². The molecule has 1 N–H and O–H groups in total. The minimum Gasteiger partial charge on any atom is -0.464 e. The zero-order valence-electron chi connectivity index (χ0n) is 7.92. The van der Waals surface area contributed by atoms with E-state index in [-0.39, 0.29) is 6.61 Å². The topological polar surface area (TPSA) is 72.5 Å². The molecule has 0 aromatic heterocycles. The monoisotopic (exact) mass is 174 g/mol. The van der Waals surface area contributed by atoms with Crippen LogP contribution < -0.4 is 5.32 Å². The van der Waals surface area contributed by atoms with E-state index in [0.29, 0.717) is 0 Å². The van der Waals surface area contributed by atoms with Gasteiger partial charge in [-0.2, -0.15) is 0 Å². The summed E-state index contributed by atoms with van der Waals surface area (Å²) in [5.41, 5.74) is 0. The Morgan fingerprint density at radius 3 is 2.67 bits per heavy atom. The number of amides is 1. The molecule has 0 rings (SSSR count). The van der Waals surface area contributed by atoms with E-state index in [2.05, 4.69) is 4.74 Å². The molecule has 0 fully saturated rings. The van der Waals surface area contributed by atoms with Gasteiger partial charge in [-0.1, -0.05) is 0 Å². The molecule has 68 valence electrons. The van der Waals surface area contributed by atoms with Crippen molar-refractivity contribution in [2.24, 2.45) is 0 Å². The molecule has 5 heteroatoms. The molecule has 1 atom stereocenters. The van der Waals surface area contributed by atoms with Crippen molar-refractivity contribution in [3.8, 4) is 0 Å². The Hall–Kier alpha value is -1.39. The number of hydrogen-bond donors (Lipinski definition) is 1. The van der Waals surface area contributed by atoms with Gasteiger partial charge in [0.15, 0.2) is 12.3 Å². The number of rotatable bonds is 4. The Labute approximate surface area is 71.5 Å². The van der Waals surface area contributed by atoms with Crippen LogP contribution in [0.4, 0.5) is 0 Å². The standard InChI is InChI=1S/C7H11NO4/c1-3-12-7(11)6(4-9)8-5(2)10/h4,6H,3H2,1-2H3,(H,8,10)/i4D. The SMILES string of the molecule is [2H]C(=O)C(NC(C)=O)C(=O)OCC. The van der Waals surface area contributed by atoms with Crippen molar-refractivity contribution in [1.29, 1.82) is 0 Å². The summed E-state index contributed by atoms with van der Waals surface area (Å²) in [5, 5.41) is 2.01. The summed E-state index contributed by atoms with van der Waals surface area (Å²) < 4.78 is 11.2. The third kappa shape index (κ3) is 3.70. The van der Waals surface area contributed by atoms with Gasteiger partial charge in [-0.15, -0.1) is 0 Å². The van der Waals surface area contributed by atoms with Gasteiger partial charge < -0.3 is 14.8 Å². The van der Waals surface area contributed by atoms with Crippen molar-refractivity contribution >= 4 is 18.1 Å². The van der Waals surface area contributed by atoms with Crippen LogP contribution in [0.3, 0.4) is 0 Å². The first-order valence-electron chi connectivity index (χ1n) is 3.93. The molecule has 1 unspecified atom stereocenters. The predicted molar refractivity (Wildman–Crippen MR) is 40.3 cm³/mol. The van der Waals surface area contributed by atoms with Crippen LogP contribution in [0.2, 0.25) is 0 Å². The average molecular weight is 174 g/mol. The molecule has 0 saturated carbocycles. The van der Waals surface area contributed by atoms with Crippen LogP contribution in [0.25, 0.3) is 0 Å². The van der Waals surface area contributed by atoms with Crippen molar-refractivity contribution in [2.45, 2.75) is 19.9 Å². The molecule has 0 spiro atoms. The highest BCUT2D eigenvalue weighted by molar-refractivity contribution is 5.96. The molecule has 0 aromatic rings. The molecule has 12 heavy (non-hydrogen) atoms. The predicted octanol–water partition coefficient (Wildman–Crippen LogP) is -0.747. The molecular formula is C7H11NO4. The van der Waals surface area contributed by atoms with E-state index < -0.39 is 24.2 Å². The molecule has 0 aliphatic rings. The normalized spacial score (nSPS) is 12.7. The number of aldehydes is 1. The quantitative estimate of drug-likeness (QED) is 0.346. The van der Waals surface area contributed by atoms with E-state index in [1.807, 2.05) is 5.32 Å². The molecule has 0 aliphatic heterocycles. The van der Waals surface area contributed by atoms with E-state index in [1.165, 1.54) is 0 Å². The smallest absolute Gasteiger partial charge is 0.336 e. The molecule has 0 saturated heterocycles. The lowest BCUT2D eigenvalue weighted by molar-refractivity contribution is -0.148. The van der Waals surface area contributed by atoms with Gasteiger partial charge in [0, 0.05) is 6.92 Å². The van der Waals surface area contributed by atoms with E-state index in [4.69, 9.17) is 1.37 Å². The van der Waals surface area contributed by atoms with Crippen molar-refractivity contribution in [3.05, 3.63) is 0 Å². The van der Waals surface area contributed by atoms with Crippen LogP contribution in [0.5, 0.6) is 0 Å². The second-order valence-corrected chi connectivity index (χ2v) is 2.00. The number of carbonyl (C=O) groups excluding carboxylic acids is 3. The fourth-order valence-electron chi connectivity index (χ4n) is 0.565. The minimum atomic E-state index is -1.50. The summed E-state index contributed by atoms with van der Waals surface area (Å²) in [7, 11) is 0. The Morgan fingerprint density at radius 2 is 2.33 bits per heavy atom. The van der Waals surface area contributed by atoms with Crippen LogP contribution in [0.15, 0.2) is 0 Å². The highest BCUT2D eigenvalue weighted by Gasteiger charge is 2.18. The number of hydrogen-bond acceptors (Lipinski definition) is 4. The molecule has 0 aliphatic carbocycles. The van der Waals surface area contributed by atoms with Crippen LogP contribution in [0.1, 0.15) is 15.2 Å². The summed E-state index contributed by atoms with van der Waals surface area (Å²) >= 11 is 0. The van der Waals surface area contributed by atoms with Crippen LogP contribution in [-0.2, 0) is 19.1 Å². The summed E-state index contributed by atoms with van der Waals surface area (Å²) in [6.45, 7) is 2.81. The first kappa shape index (κ1) is 8.70. The van der Waals surface area contributed by atoms with Gasteiger partial charge >= 0.3 is 5.97 Å². The highest BCUT2D eigenvalue weighted by atomic mass is 16.5. The Kier molecular flexibility index (Phi) is 3.83. The number of esters is 1. The van der Waals surface area contributed by atoms with Gasteiger partial charge in [0.2, 0.25) is 5.91 Å². The summed E-state index contributed by atoms with van der Waals surface area (Å²) in [6, 6.07) is -1.50. The maximum atomic E-state index is 10.9. The Balaban J connectivity index is 4.32. The van der Waals surface area contributed by atoms with Gasteiger partial charge in [0.1, 0.15) is 1.37 Å². The molecule has 0 aromatic carbocycles. The Bertz CT molecular complexity index is 229. The minimum absolute atomic E-state index is 0.0994. The summed E-state index contributed by atoms with van der Waals surface area (Å²) in [6.07, 6.45) is -1.19. The molecular weight excluding hydrogens is 162 g/mol. The number of carbonyl (C=O) groups is 3. The molecule has 1 amide bonds. The average Bonchev–Trinajstić information content (AvgIpc) is 1.99. The van der Waals surface area contributed by atoms with E-state index in [0.717, 1.165) is 6.92 Å². The van der Waals surface area contributed by atoms with E-state index >= 15 is 0 Å². The van der Waals surface area contributed by atoms with Crippen LogP contribution in [-0.4, -0.2) is 30.8 Å². The first-order chi connectivity index (χ1) is 5.99. The third-order valence-electron chi connectivity index (χ3n) is 0.988. The zero-order chi connectivity index (χ0) is 10.4. The number of ether oxygens (including phenoxy) is 1. The largest absolute Gasteiger partial charge is 0.464 e. The maximum Gasteiger partial charge on any atom is 0.336 e. The van der Waals surface area contributed by atoms with Crippen molar-refractivity contribution in [1.82, 2.24) is 5.32 Å². The second-order valence-electron chi connectivity index (χ2n) is 2.00. The van der Waals surface area contributed by atoms with Gasteiger partial charge in [-0.25, -0.2) is 4.79 Å². The van der Waals surface area contributed by atoms with Crippen LogP contribution in [0, 0.1) is 0 Å². The fourth-order valence-corrected chi connectivity index (χ4v) is 0.565. The van der Waals surface area contributed by atoms with E-state index in [9.17, 15) is 14.4 Å². The molecule has 0 bridgehead atoms. The van der Waals surface area contributed by atoms with Crippen LogP contribution >= 0.6 is 0 Å². The zero-order valence-corrected chi connectivity index (χ0v) is 6.92. The maximum absolute atomic E-state index is 10.9. The molecule has 5 nitrogen and oxygen atoms in total. The Morgan fingerprint density at radius 1 is 1.75 bits per heavy atom. The van der Waals surface area contributed by atoms with Gasteiger partial charge in [-0.05, 0) is 6.92 Å². The molecule has 0 radical (unpaired) electrons. The van der Waals surface area contributed by atoms with Gasteiger partial charge in [0.25, 0.3) is 0 Å². The fraction of sp³-hybridized carbons (Fsp3) is 0.571. The second kappa shape index (κ2) is 5.29. The van der Waals surface area contributed by atoms with Crippen molar-refractivity contribution in [2.75, 3.05) is 6.61 Å². The lowest BCUT2D eigenvalue weighted by Crippen LogP contribution is -2.41. The first-order valence-corrected chi connectivity index (χ1v) is 3.43. The number of nitrogens with one attached hydrogen (secondary N) is 1. The molecule has 0 heterocycles. The lowest BCUT2D eigenvalue weighted by Gasteiger charge is -2.08. The van der Waals surface area contributed by atoms with Crippen molar-refractivity contribution in [3.63, 3.8) is 0 Å². The highest BCUT2D eigenvalue weighted by Crippen LogP contribution is 1.85. The third-order valence-corrected chi connectivity index (χ3v) is 0.988.